The SMILES string of the molecule is FC(F)c1cc(C(F)F)c2cccc(OC(F)(F)F)c2n1. The van der Waals surface area contributed by atoms with E-state index in [1.165, 1.54) is 0 Å². The summed E-state index contributed by atoms with van der Waals surface area (Å²) in [5, 5.41) is -0.379. The standard InChI is InChI=1S/C12H6F7NO/c13-10(14)6-4-7(11(15)16)20-9-5(6)2-1-3-8(9)21-12(17,18)19/h1-4,10-11H. The first kappa shape index (κ1) is 15.3. The van der Waals surface area contributed by atoms with E-state index >= 15 is 0 Å². The summed E-state index contributed by atoms with van der Waals surface area (Å²) in [6, 6.07) is 3.38. The minimum Gasteiger partial charge on any atom is -0.403 e. The number of ether oxygens (including phenoxy) is 1. The molecule has 2 aromatic rings. The van der Waals surface area contributed by atoms with Crippen LogP contribution in [0, 0.1) is 0 Å². The molecule has 0 atom stereocenters. The Morgan fingerprint density at radius 3 is 2.19 bits per heavy atom. The van der Waals surface area contributed by atoms with Crippen molar-refractivity contribution in [3.05, 3.63) is 35.5 Å². The van der Waals surface area contributed by atoms with Crippen LogP contribution in [-0.2, 0) is 0 Å². The number of rotatable bonds is 3. The number of alkyl halides is 7. The highest BCUT2D eigenvalue weighted by atomic mass is 19.4. The number of benzene rings is 1. The van der Waals surface area contributed by atoms with Crippen LogP contribution in [0.2, 0.25) is 0 Å². The molecule has 0 spiro atoms. The number of hydrogen-bond donors (Lipinski definition) is 0. The lowest BCUT2D eigenvalue weighted by Crippen LogP contribution is -2.17. The Bertz CT molecular complexity index is 654. The van der Waals surface area contributed by atoms with Crippen LogP contribution in [0.15, 0.2) is 24.3 Å². The maximum absolute atomic E-state index is 12.9. The van der Waals surface area contributed by atoms with E-state index in [-0.39, 0.29) is 5.39 Å². The zero-order valence-corrected chi connectivity index (χ0v) is 9.97. The largest absolute Gasteiger partial charge is 0.573 e. The van der Waals surface area contributed by atoms with Gasteiger partial charge < -0.3 is 4.74 Å². The lowest BCUT2D eigenvalue weighted by molar-refractivity contribution is -0.274. The molecule has 2 nitrogen and oxygen atoms in total. The fourth-order valence-corrected chi connectivity index (χ4v) is 1.77. The summed E-state index contributed by atoms with van der Waals surface area (Å²) in [5.74, 6) is -0.913. The average molecular weight is 313 g/mol. The Kier molecular flexibility index (Phi) is 3.93. The van der Waals surface area contributed by atoms with Crippen molar-refractivity contribution in [3.8, 4) is 5.75 Å². The van der Waals surface area contributed by atoms with Crippen LogP contribution < -0.4 is 4.74 Å². The smallest absolute Gasteiger partial charge is 0.403 e. The first-order valence-electron chi connectivity index (χ1n) is 5.44. The van der Waals surface area contributed by atoms with Crippen LogP contribution in [0.5, 0.6) is 5.75 Å². The summed E-state index contributed by atoms with van der Waals surface area (Å²) in [4.78, 5) is 3.29. The Morgan fingerprint density at radius 2 is 1.67 bits per heavy atom. The van der Waals surface area contributed by atoms with Crippen molar-refractivity contribution in [2.75, 3.05) is 0 Å². The molecule has 0 saturated carbocycles. The molecule has 0 bridgehead atoms. The quantitative estimate of drug-likeness (QED) is 0.743. The number of hydrogen-bond acceptors (Lipinski definition) is 2. The van der Waals surface area contributed by atoms with E-state index in [0.717, 1.165) is 18.2 Å². The average Bonchev–Trinajstić information content (AvgIpc) is 2.35. The highest BCUT2D eigenvalue weighted by Crippen LogP contribution is 2.36. The van der Waals surface area contributed by atoms with Crippen molar-refractivity contribution in [3.63, 3.8) is 0 Å². The van der Waals surface area contributed by atoms with Crippen LogP contribution in [-0.4, -0.2) is 11.3 Å². The predicted molar refractivity (Wildman–Crippen MR) is 58.3 cm³/mol. The summed E-state index contributed by atoms with van der Waals surface area (Å²) in [7, 11) is 0. The molecule has 114 valence electrons. The maximum atomic E-state index is 12.9. The molecule has 0 aliphatic heterocycles. The molecule has 0 saturated heterocycles. The Balaban J connectivity index is 2.72. The summed E-state index contributed by atoms with van der Waals surface area (Å²) >= 11 is 0. The monoisotopic (exact) mass is 313 g/mol. The highest BCUT2D eigenvalue weighted by Gasteiger charge is 2.32. The third-order valence-corrected chi connectivity index (χ3v) is 2.54. The maximum Gasteiger partial charge on any atom is 0.573 e. The van der Waals surface area contributed by atoms with Gasteiger partial charge in [-0.25, -0.2) is 22.5 Å². The molecule has 9 heteroatoms. The molecule has 0 aliphatic rings. The van der Waals surface area contributed by atoms with Gasteiger partial charge in [0.05, 0.1) is 0 Å². The van der Waals surface area contributed by atoms with E-state index < -0.39 is 41.7 Å². The molecule has 0 radical (unpaired) electrons. The lowest BCUT2D eigenvalue weighted by Gasteiger charge is -2.13. The van der Waals surface area contributed by atoms with Gasteiger partial charge in [-0.3, -0.25) is 0 Å². The second kappa shape index (κ2) is 5.38. The number of fused-ring (bicyclic) bond motifs is 1. The van der Waals surface area contributed by atoms with Gasteiger partial charge in [0, 0.05) is 10.9 Å². The van der Waals surface area contributed by atoms with Crippen molar-refractivity contribution in [2.24, 2.45) is 0 Å². The number of aromatic nitrogens is 1. The molecule has 1 heterocycles. The van der Waals surface area contributed by atoms with Crippen LogP contribution >= 0.6 is 0 Å². The molecule has 0 aliphatic carbocycles. The van der Waals surface area contributed by atoms with Crippen LogP contribution in [0.4, 0.5) is 30.7 Å². The second-order valence-electron chi connectivity index (χ2n) is 3.94. The molecule has 0 amide bonds. The molecule has 0 fully saturated rings. The summed E-state index contributed by atoms with van der Waals surface area (Å²) in [5.41, 5.74) is -2.57. The highest BCUT2D eigenvalue weighted by molar-refractivity contribution is 5.87. The van der Waals surface area contributed by atoms with Crippen LogP contribution in [0.1, 0.15) is 24.1 Å². The molecular formula is C12H6F7NO. The molecule has 2 rings (SSSR count). The second-order valence-corrected chi connectivity index (χ2v) is 3.94. The molecular weight excluding hydrogens is 307 g/mol. The molecule has 1 aromatic carbocycles. The number of para-hydroxylation sites is 1. The van der Waals surface area contributed by atoms with E-state index in [2.05, 4.69) is 9.72 Å². The number of nitrogens with zero attached hydrogens (tertiary/aromatic N) is 1. The van der Waals surface area contributed by atoms with Crippen LogP contribution in [0.3, 0.4) is 0 Å². The minimum atomic E-state index is -5.10. The van der Waals surface area contributed by atoms with Gasteiger partial charge in [-0.15, -0.1) is 13.2 Å². The zero-order valence-electron chi connectivity index (χ0n) is 9.97. The molecule has 0 N–H and O–H groups in total. The molecule has 21 heavy (non-hydrogen) atoms. The van der Waals surface area contributed by atoms with Gasteiger partial charge in [-0.1, -0.05) is 12.1 Å². The number of halogens is 7. The van der Waals surface area contributed by atoms with E-state index in [4.69, 9.17) is 0 Å². The first-order chi connectivity index (χ1) is 9.69. The molecule has 0 unspecified atom stereocenters. The van der Waals surface area contributed by atoms with Gasteiger partial charge in [-0.2, -0.15) is 0 Å². The summed E-state index contributed by atoms with van der Waals surface area (Å²) < 4.78 is 91.4. The third kappa shape index (κ3) is 3.34. The topological polar surface area (TPSA) is 22.1 Å². The third-order valence-electron chi connectivity index (χ3n) is 2.54. The van der Waals surface area contributed by atoms with Crippen molar-refractivity contribution in [1.29, 1.82) is 0 Å². The van der Waals surface area contributed by atoms with Gasteiger partial charge >= 0.3 is 6.36 Å². The van der Waals surface area contributed by atoms with Crippen molar-refractivity contribution >= 4 is 10.9 Å². The zero-order chi connectivity index (χ0) is 15.8. The predicted octanol–water partition coefficient (Wildman–Crippen LogP) is 5.01. The van der Waals surface area contributed by atoms with E-state index in [0.29, 0.717) is 6.07 Å². The fraction of sp³-hybridized carbons (Fsp3) is 0.250. The van der Waals surface area contributed by atoms with Crippen molar-refractivity contribution in [1.82, 2.24) is 4.98 Å². The molecule has 1 aromatic heterocycles. The summed E-state index contributed by atoms with van der Waals surface area (Å²) in [6.45, 7) is 0. The van der Waals surface area contributed by atoms with E-state index in [1.54, 1.807) is 0 Å². The number of pyridine rings is 1. The fourth-order valence-electron chi connectivity index (χ4n) is 1.77. The first-order valence-corrected chi connectivity index (χ1v) is 5.44. The van der Waals surface area contributed by atoms with Gasteiger partial charge in [-0.05, 0) is 12.1 Å². The van der Waals surface area contributed by atoms with E-state index in [1.807, 2.05) is 0 Å². The summed E-state index contributed by atoms with van der Waals surface area (Å²) in [6.07, 6.45) is -11.4. The van der Waals surface area contributed by atoms with Crippen LogP contribution in [0.25, 0.3) is 10.9 Å². The van der Waals surface area contributed by atoms with Gasteiger partial charge in [0.15, 0.2) is 5.75 Å². The van der Waals surface area contributed by atoms with Crippen molar-refractivity contribution in [2.45, 2.75) is 19.2 Å². The Labute approximate surface area is 113 Å². The minimum absolute atomic E-state index is 0.379. The normalized spacial score (nSPS) is 12.4. The lowest BCUT2D eigenvalue weighted by atomic mass is 10.1. The van der Waals surface area contributed by atoms with Gasteiger partial charge in [0.25, 0.3) is 12.9 Å². The van der Waals surface area contributed by atoms with Gasteiger partial charge in [0.1, 0.15) is 11.2 Å². The Morgan fingerprint density at radius 1 is 1.00 bits per heavy atom. The Hall–Kier alpha value is -2.06. The van der Waals surface area contributed by atoms with Crippen molar-refractivity contribution < 1.29 is 35.5 Å². The van der Waals surface area contributed by atoms with E-state index in [9.17, 15) is 30.7 Å². The van der Waals surface area contributed by atoms with Gasteiger partial charge in [0.2, 0.25) is 0 Å².